The molecule has 1 aliphatic carbocycles. The summed E-state index contributed by atoms with van der Waals surface area (Å²) < 4.78 is 14.2. The second-order valence-electron chi connectivity index (χ2n) is 6.64. The summed E-state index contributed by atoms with van der Waals surface area (Å²) in [5, 5.41) is 3.29. The lowest BCUT2D eigenvalue weighted by Gasteiger charge is -2.57. The molecule has 0 atom stereocenters. The van der Waals surface area contributed by atoms with E-state index in [0.717, 1.165) is 24.9 Å². The van der Waals surface area contributed by atoms with E-state index in [-0.39, 0.29) is 11.2 Å². The SMILES string of the molecule is CCCC1(CCC)CC(CNC)(c2ccccc2F)C1. The monoisotopic (exact) mass is 277 g/mol. The van der Waals surface area contributed by atoms with Crippen LogP contribution in [0.4, 0.5) is 4.39 Å². The third kappa shape index (κ3) is 2.76. The highest BCUT2D eigenvalue weighted by Crippen LogP contribution is 2.60. The Morgan fingerprint density at radius 3 is 2.20 bits per heavy atom. The van der Waals surface area contributed by atoms with Crippen LogP contribution in [-0.4, -0.2) is 13.6 Å². The van der Waals surface area contributed by atoms with Crippen molar-refractivity contribution < 1.29 is 4.39 Å². The van der Waals surface area contributed by atoms with Crippen molar-refractivity contribution in [1.29, 1.82) is 0 Å². The van der Waals surface area contributed by atoms with Crippen molar-refractivity contribution in [1.82, 2.24) is 5.32 Å². The molecule has 1 N–H and O–H groups in total. The molecule has 0 aromatic heterocycles. The van der Waals surface area contributed by atoms with Crippen LogP contribution in [-0.2, 0) is 5.41 Å². The Morgan fingerprint density at radius 1 is 1.10 bits per heavy atom. The first-order valence-corrected chi connectivity index (χ1v) is 8.01. The molecule has 1 saturated carbocycles. The molecule has 1 aromatic rings. The number of rotatable bonds is 7. The van der Waals surface area contributed by atoms with Gasteiger partial charge in [-0.25, -0.2) is 4.39 Å². The van der Waals surface area contributed by atoms with Gasteiger partial charge in [-0.1, -0.05) is 44.9 Å². The van der Waals surface area contributed by atoms with Crippen molar-refractivity contribution in [2.24, 2.45) is 5.41 Å². The predicted molar refractivity (Wildman–Crippen MR) is 83.5 cm³/mol. The molecule has 1 aliphatic rings. The number of likely N-dealkylation sites (N-methyl/N-ethyl adjacent to an activating group) is 1. The molecule has 0 saturated heterocycles. The van der Waals surface area contributed by atoms with Gasteiger partial charge in [-0.15, -0.1) is 0 Å². The first kappa shape index (κ1) is 15.5. The highest BCUT2D eigenvalue weighted by atomic mass is 19.1. The minimum absolute atomic E-state index is 0.00440. The lowest BCUT2D eigenvalue weighted by atomic mass is 9.48. The number of halogens is 1. The van der Waals surface area contributed by atoms with Gasteiger partial charge >= 0.3 is 0 Å². The van der Waals surface area contributed by atoms with Crippen LogP contribution in [0.1, 0.15) is 57.9 Å². The first-order chi connectivity index (χ1) is 9.61. The normalized spacial score (nSPS) is 19.6. The Kier molecular flexibility index (Phi) is 4.85. The summed E-state index contributed by atoms with van der Waals surface area (Å²) in [6, 6.07) is 7.34. The summed E-state index contributed by atoms with van der Waals surface area (Å²) in [5.41, 5.74) is 1.37. The fraction of sp³-hybridized carbons (Fsp3) is 0.667. The van der Waals surface area contributed by atoms with Gasteiger partial charge in [0.25, 0.3) is 0 Å². The minimum atomic E-state index is -0.0376. The zero-order valence-electron chi connectivity index (χ0n) is 13.1. The molecule has 0 bridgehead atoms. The van der Waals surface area contributed by atoms with E-state index in [9.17, 15) is 4.39 Å². The van der Waals surface area contributed by atoms with Crippen molar-refractivity contribution in [3.63, 3.8) is 0 Å². The van der Waals surface area contributed by atoms with Crippen molar-refractivity contribution in [2.45, 2.75) is 57.8 Å². The molecule has 2 rings (SSSR count). The van der Waals surface area contributed by atoms with Gasteiger partial charge in [-0.2, -0.15) is 0 Å². The molecule has 0 heterocycles. The van der Waals surface area contributed by atoms with E-state index in [1.807, 2.05) is 19.2 Å². The third-order valence-electron chi connectivity index (χ3n) is 4.95. The van der Waals surface area contributed by atoms with Crippen LogP contribution < -0.4 is 5.32 Å². The Balaban J connectivity index is 2.25. The summed E-state index contributed by atoms with van der Waals surface area (Å²) in [4.78, 5) is 0. The molecule has 1 fully saturated rings. The molecule has 0 unspecified atom stereocenters. The van der Waals surface area contributed by atoms with Crippen LogP contribution in [0.2, 0.25) is 0 Å². The average Bonchev–Trinajstić information content (AvgIpc) is 2.38. The molecule has 0 aliphatic heterocycles. The van der Waals surface area contributed by atoms with Crippen LogP contribution in [0.15, 0.2) is 24.3 Å². The lowest BCUT2D eigenvalue weighted by Crippen LogP contribution is -2.54. The summed E-state index contributed by atoms with van der Waals surface area (Å²) >= 11 is 0. The molecule has 0 amide bonds. The van der Waals surface area contributed by atoms with Crippen molar-refractivity contribution in [3.8, 4) is 0 Å². The Bertz CT molecular complexity index is 427. The number of hydrogen-bond donors (Lipinski definition) is 1. The Morgan fingerprint density at radius 2 is 1.70 bits per heavy atom. The second kappa shape index (κ2) is 6.26. The van der Waals surface area contributed by atoms with E-state index in [1.165, 1.54) is 25.7 Å². The number of benzene rings is 1. The highest BCUT2D eigenvalue weighted by Gasteiger charge is 2.54. The van der Waals surface area contributed by atoms with Gasteiger partial charge in [-0.05, 0) is 49.8 Å². The lowest BCUT2D eigenvalue weighted by molar-refractivity contribution is 0.00194. The van der Waals surface area contributed by atoms with Crippen LogP contribution in [0.5, 0.6) is 0 Å². The largest absolute Gasteiger partial charge is 0.319 e. The Hall–Kier alpha value is -0.890. The maximum absolute atomic E-state index is 14.2. The van der Waals surface area contributed by atoms with Crippen LogP contribution in [0.25, 0.3) is 0 Å². The fourth-order valence-electron chi connectivity index (χ4n) is 4.56. The van der Waals surface area contributed by atoms with Crippen molar-refractivity contribution in [3.05, 3.63) is 35.6 Å². The van der Waals surface area contributed by atoms with E-state index < -0.39 is 0 Å². The van der Waals surface area contributed by atoms with Crippen molar-refractivity contribution in [2.75, 3.05) is 13.6 Å². The summed E-state index contributed by atoms with van der Waals surface area (Å²) in [5.74, 6) is -0.0376. The van der Waals surface area contributed by atoms with Gasteiger partial charge in [0.2, 0.25) is 0 Å². The van der Waals surface area contributed by atoms with E-state index >= 15 is 0 Å². The quantitative estimate of drug-likeness (QED) is 0.764. The molecule has 1 nitrogen and oxygen atoms in total. The highest BCUT2D eigenvalue weighted by molar-refractivity contribution is 5.32. The molecule has 0 spiro atoms. The molecule has 1 aromatic carbocycles. The summed E-state index contributed by atoms with van der Waals surface area (Å²) in [6.45, 7) is 5.40. The first-order valence-electron chi connectivity index (χ1n) is 8.01. The average molecular weight is 277 g/mol. The molecular formula is C18H28FN. The molecule has 112 valence electrons. The number of hydrogen-bond acceptors (Lipinski definition) is 1. The molecule has 20 heavy (non-hydrogen) atoms. The third-order valence-corrected chi connectivity index (χ3v) is 4.95. The molecular weight excluding hydrogens is 249 g/mol. The maximum atomic E-state index is 14.2. The smallest absolute Gasteiger partial charge is 0.127 e. The van der Waals surface area contributed by atoms with E-state index in [2.05, 4.69) is 19.2 Å². The van der Waals surface area contributed by atoms with Gasteiger partial charge in [0.1, 0.15) is 5.82 Å². The van der Waals surface area contributed by atoms with Crippen molar-refractivity contribution >= 4 is 0 Å². The Labute approximate surface area is 123 Å². The zero-order valence-corrected chi connectivity index (χ0v) is 13.1. The van der Waals surface area contributed by atoms with Crippen LogP contribution >= 0.6 is 0 Å². The van der Waals surface area contributed by atoms with Gasteiger partial charge in [0, 0.05) is 12.0 Å². The van der Waals surface area contributed by atoms with Gasteiger partial charge in [-0.3, -0.25) is 0 Å². The summed E-state index contributed by atoms with van der Waals surface area (Å²) in [7, 11) is 1.97. The van der Waals surface area contributed by atoms with Crippen LogP contribution in [0.3, 0.4) is 0 Å². The van der Waals surface area contributed by atoms with E-state index in [1.54, 1.807) is 12.1 Å². The summed E-state index contributed by atoms with van der Waals surface area (Å²) in [6.07, 6.45) is 7.27. The minimum Gasteiger partial charge on any atom is -0.319 e. The van der Waals surface area contributed by atoms with Gasteiger partial charge < -0.3 is 5.32 Å². The number of nitrogens with one attached hydrogen (secondary N) is 1. The zero-order chi connectivity index (χ0) is 14.6. The predicted octanol–water partition coefficient (Wildman–Crippen LogP) is 4.66. The van der Waals surface area contributed by atoms with Gasteiger partial charge in [0.15, 0.2) is 0 Å². The maximum Gasteiger partial charge on any atom is 0.127 e. The fourth-order valence-corrected chi connectivity index (χ4v) is 4.56. The molecule has 2 heteroatoms. The van der Waals surface area contributed by atoms with E-state index in [4.69, 9.17) is 0 Å². The standard InChI is InChI=1S/C18H28FN/c1-4-10-17(11-5-2)12-18(13-17,14-20-3)15-8-6-7-9-16(15)19/h6-9,20H,4-5,10-14H2,1-3H3. The van der Waals surface area contributed by atoms with Gasteiger partial charge in [0.05, 0.1) is 0 Å². The van der Waals surface area contributed by atoms with Crippen LogP contribution in [0, 0.1) is 11.2 Å². The second-order valence-corrected chi connectivity index (χ2v) is 6.64. The van der Waals surface area contributed by atoms with E-state index in [0.29, 0.717) is 5.41 Å². The molecule has 0 radical (unpaired) electrons. The topological polar surface area (TPSA) is 12.0 Å².